The number of hydrogen-bond acceptors (Lipinski definition) is 6. The van der Waals surface area contributed by atoms with Gasteiger partial charge in [0.2, 0.25) is 0 Å². The molecule has 0 amide bonds. The first-order chi connectivity index (χ1) is 11.2. The fraction of sp³-hybridized carbons (Fsp3) is 0.235. The Morgan fingerprint density at radius 2 is 2.09 bits per heavy atom. The SMILES string of the molecule is CCc1ccc(-c2nc(C(=O)OCc3cc(C)on3)cs2)cc1. The zero-order chi connectivity index (χ0) is 16.2. The molecule has 0 aliphatic heterocycles. The number of benzene rings is 1. The van der Waals surface area contributed by atoms with Gasteiger partial charge in [0.25, 0.3) is 0 Å². The first-order valence-electron chi connectivity index (χ1n) is 7.30. The Morgan fingerprint density at radius 1 is 1.30 bits per heavy atom. The normalized spacial score (nSPS) is 10.7. The van der Waals surface area contributed by atoms with Crippen LogP contribution >= 0.6 is 11.3 Å². The average molecular weight is 328 g/mol. The third-order valence-electron chi connectivity index (χ3n) is 3.35. The van der Waals surface area contributed by atoms with Crippen LogP contribution in [0.2, 0.25) is 0 Å². The molecule has 0 atom stereocenters. The molecule has 0 aliphatic carbocycles. The van der Waals surface area contributed by atoms with E-state index in [0.717, 1.165) is 17.0 Å². The van der Waals surface area contributed by atoms with E-state index >= 15 is 0 Å². The summed E-state index contributed by atoms with van der Waals surface area (Å²) < 4.78 is 10.1. The van der Waals surface area contributed by atoms with Crippen LogP contribution in [0.25, 0.3) is 10.6 Å². The summed E-state index contributed by atoms with van der Waals surface area (Å²) in [4.78, 5) is 16.4. The summed E-state index contributed by atoms with van der Waals surface area (Å²) >= 11 is 1.42. The number of esters is 1. The van der Waals surface area contributed by atoms with Gasteiger partial charge >= 0.3 is 5.97 Å². The number of rotatable bonds is 5. The highest BCUT2D eigenvalue weighted by Crippen LogP contribution is 2.24. The minimum atomic E-state index is -0.460. The first kappa shape index (κ1) is 15.4. The molecule has 0 aliphatic rings. The van der Waals surface area contributed by atoms with Crippen molar-refractivity contribution in [3.05, 3.63) is 58.4 Å². The van der Waals surface area contributed by atoms with Gasteiger partial charge in [0.15, 0.2) is 5.69 Å². The van der Waals surface area contributed by atoms with Crippen LogP contribution in [-0.4, -0.2) is 16.1 Å². The van der Waals surface area contributed by atoms with E-state index in [-0.39, 0.29) is 6.61 Å². The molecule has 6 heteroatoms. The lowest BCUT2D eigenvalue weighted by atomic mass is 10.1. The quantitative estimate of drug-likeness (QED) is 0.662. The van der Waals surface area contributed by atoms with Crippen molar-refractivity contribution in [1.29, 1.82) is 0 Å². The number of nitrogens with zero attached hydrogens (tertiary/aromatic N) is 2. The Balaban J connectivity index is 1.66. The third-order valence-corrected chi connectivity index (χ3v) is 4.24. The van der Waals surface area contributed by atoms with Crippen LogP contribution in [-0.2, 0) is 17.8 Å². The number of aryl methyl sites for hydroxylation is 2. The van der Waals surface area contributed by atoms with Gasteiger partial charge in [-0.3, -0.25) is 0 Å². The number of carbonyl (C=O) groups excluding carboxylic acids is 1. The van der Waals surface area contributed by atoms with Gasteiger partial charge in [-0.25, -0.2) is 9.78 Å². The average Bonchev–Trinajstić information content (AvgIpc) is 3.22. The Hall–Kier alpha value is -2.47. The molecular weight excluding hydrogens is 312 g/mol. The van der Waals surface area contributed by atoms with Gasteiger partial charge in [-0.1, -0.05) is 36.3 Å². The Bertz CT molecular complexity index is 805. The summed E-state index contributed by atoms with van der Waals surface area (Å²) in [6, 6.07) is 9.91. The molecule has 0 spiro atoms. The number of thiazole rings is 1. The molecular formula is C17H16N2O3S. The Morgan fingerprint density at radius 3 is 2.74 bits per heavy atom. The van der Waals surface area contributed by atoms with E-state index in [1.807, 2.05) is 12.1 Å². The summed E-state index contributed by atoms with van der Waals surface area (Å²) in [6.07, 6.45) is 0.997. The molecule has 0 saturated carbocycles. The molecule has 0 bridgehead atoms. The number of hydrogen-bond donors (Lipinski definition) is 0. The standard InChI is InChI=1S/C17H16N2O3S/c1-3-12-4-6-13(7-5-12)16-18-15(10-23-16)17(20)21-9-14-8-11(2)22-19-14/h4-8,10H,3,9H2,1-2H3. The predicted octanol–water partition coefficient (Wildman–Crippen LogP) is 4.03. The van der Waals surface area contributed by atoms with Crippen molar-refractivity contribution < 1.29 is 14.1 Å². The van der Waals surface area contributed by atoms with Gasteiger partial charge in [0.1, 0.15) is 23.1 Å². The van der Waals surface area contributed by atoms with Crippen molar-refractivity contribution in [2.75, 3.05) is 0 Å². The summed E-state index contributed by atoms with van der Waals surface area (Å²) in [5, 5.41) is 6.29. The molecule has 5 nitrogen and oxygen atoms in total. The lowest BCUT2D eigenvalue weighted by Gasteiger charge is -2.00. The van der Waals surface area contributed by atoms with Crippen molar-refractivity contribution in [2.24, 2.45) is 0 Å². The van der Waals surface area contributed by atoms with E-state index in [2.05, 4.69) is 29.2 Å². The van der Waals surface area contributed by atoms with Crippen LogP contribution in [0, 0.1) is 6.92 Å². The molecule has 118 valence electrons. The van der Waals surface area contributed by atoms with Crippen LogP contribution in [0.15, 0.2) is 40.2 Å². The molecule has 0 unspecified atom stereocenters. The molecule has 0 saturated heterocycles. The molecule has 2 aromatic heterocycles. The molecule has 0 radical (unpaired) electrons. The van der Waals surface area contributed by atoms with Gasteiger partial charge in [0, 0.05) is 17.0 Å². The van der Waals surface area contributed by atoms with Gasteiger partial charge < -0.3 is 9.26 Å². The summed E-state index contributed by atoms with van der Waals surface area (Å²) in [6.45, 7) is 3.98. The first-order valence-corrected chi connectivity index (χ1v) is 8.18. The number of aromatic nitrogens is 2. The van der Waals surface area contributed by atoms with Crippen LogP contribution in [0.5, 0.6) is 0 Å². The van der Waals surface area contributed by atoms with Crippen LogP contribution < -0.4 is 0 Å². The van der Waals surface area contributed by atoms with Gasteiger partial charge in [-0.15, -0.1) is 11.3 Å². The maximum atomic E-state index is 12.0. The zero-order valence-corrected chi connectivity index (χ0v) is 13.7. The second-order valence-electron chi connectivity index (χ2n) is 5.09. The largest absolute Gasteiger partial charge is 0.454 e. The van der Waals surface area contributed by atoms with E-state index in [1.54, 1.807) is 18.4 Å². The van der Waals surface area contributed by atoms with Gasteiger partial charge in [-0.2, -0.15) is 0 Å². The highest BCUT2D eigenvalue weighted by Gasteiger charge is 2.14. The minimum absolute atomic E-state index is 0.0776. The second-order valence-corrected chi connectivity index (χ2v) is 5.95. The van der Waals surface area contributed by atoms with Gasteiger partial charge in [0.05, 0.1) is 0 Å². The van der Waals surface area contributed by atoms with Crippen molar-refractivity contribution >= 4 is 17.3 Å². The maximum absolute atomic E-state index is 12.0. The lowest BCUT2D eigenvalue weighted by molar-refractivity contribution is 0.0458. The Kier molecular flexibility index (Phi) is 4.52. The van der Waals surface area contributed by atoms with E-state index < -0.39 is 5.97 Å². The summed E-state index contributed by atoms with van der Waals surface area (Å²) in [7, 11) is 0. The molecule has 2 heterocycles. The maximum Gasteiger partial charge on any atom is 0.358 e. The highest BCUT2D eigenvalue weighted by atomic mass is 32.1. The molecule has 23 heavy (non-hydrogen) atoms. The van der Waals surface area contributed by atoms with Gasteiger partial charge in [-0.05, 0) is 18.9 Å². The second kappa shape index (κ2) is 6.75. The van der Waals surface area contributed by atoms with Crippen molar-refractivity contribution in [3.63, 3.8) is 0 Å². The summed E-state index contributed by atoms with van der Waals surface area (Å²) in [5.41, 5.74) is 3.16. The number of carbonyl (C=O) groups is 1. The zero-order valence-electron chi connectivity index (χ0n) is 12.9. The third kappa shape index (κ3) is 3.65. The Labute approximate surface area is 137 Å². The smallest absolute Gasteiger partial charge is 0.358 e. The topological polar surface area (TPSA) is 65.2 Å². The molecule has 0 fully saturated rings. The van der Waals surface area contributed by atoms with Crippen LogP contribution in [0.3, 0.4) is 0 Å². The minimum Gasteiger partial charge on any atom is -0.454 e. The van der Waals surface area contributed by atoms with E-state index in [0.29, 0.717) is 17.1 Å². The van der Waals surface area contributed by atoms with E-state index in [1.165, 1.54) is 16.9 Å². The lowest BCUT2D eigenvalue weighted by Crippen LogP contribution is -2.05. The van der Waals surface area contributed by atoms with Crippen molar-refractivity contribution in [1.82, 2.24) is 10.1 Å². The summed E-state index contributed by atoms with van der Waals surface area (Å²) in [5.74, 6) is 0.223. The van der Waals surface area contributed by atoms with Crippen LogP contribution in [0.1, 0.15) is 34.4 Å². The monoisotopic (exact) mass is 328 g/mol. The van der Waals surface area contributed by atoms with E-state index in [9.17, 15) is 4.79 Å². The molecule has 3 rings (SSSR count). The molecule has 1 aromatic carbocycles. The fourth-order valence-corrected chi connectivity index (χ4v) is 2.88. The predicted molar refractivity (Wildman–Crippen MR) is 87.3 cm³/mol. The van der Waals surface area contributed by atoms with Crippen molar-refractivity contribution in [2.45, 2.75) is 26.9 Å². The highest BCUT2D eigenvalue weighted by molar-refractivity contribution is 7.13. The van der Waals surface area contributed by atoms with Crippen LogP contribution in [0.4, 0.5) is 0 Å². The van der Waals surface area contributed by atoms with E-state index in [4.69, 9.17) is 9.26 Å². The molecule has 3 aromatic rings. The molecule has 0 N–H and O–H groups in total. The van der Waals surface area contributed by atoms with Crippen molar-refractivity contribution in [3.8, 4) is 10.6 Å². The fourth-order valence-electron chi connectivity index (χ4n) is 2.08. The number of ether oxygens (including phenoxy) is 1.